The summed E-state index contributed by atoms with van der Waals surface area (Å²) in [6, 6.07) is 0. The van der Waals surface area contributed by atoms with Gasteiger partial charge in [0.05, 0.1) is 0 Å². The van der Waals surface area contributed by atoms with Crippen molar-refractivity contribution < 1.29 is 4.39 Å². The summed E-state index contributed by atoms with van der Waals surface area (Å²) >= 11 is 0. The summed E-state index contributed by atoms with van der Waals surface area (Å²) < 4.78 is 13.1. The first-order valence-corrected chi connectivity index (χ1v) is 3.96. The van der Waals surface area contributed by atoms with Crippen molar-refractivity contribution in [1.82, 2.24) is 0 Å². The number of hydrogen-bond acceptors (Lipinski definition) is 0. The van der Waals surface area contributed by atoms with Gasteiger partial charge in [-0.1, -0.05) is 27.2 Å². The first-order valence-electron chi connectivity index (χ1n) is 3.96. The van der Waals surface area contributed by atoms with Crippen LogP contribution in [0, 0.1) is 5.41 Å². The van der Waals surface area contributed by atoms with Crippen molar-refractivity contribution in [3.05, 3.63) is 0 Å². The van der Waals surface area contributed by atoms with Gasteiger partial charge in [-0.25, -0.2) is 4.39 Å². The van der Waals surface area contributed by atoms with Crippen LogP contribution in [0.25, 0.3) is 0 Å². The van der Waals surface area contributed by atoms with E-state index in [0.29, 0.717) is 6.42 Å². The minimum atomic E-state index is -1.01. The molecule has 0 aliphatic carbocycles. The molecule has 0 nitrogen and oxygen atoms in total. The van der Waals surface area contributed by atoms with Gasteiger partial charge in [0.1, 0.15) is 5.67 Å². The molecule has 0 rings (SSSR count). The number of rotatable bonds is 3. The third-order valence-electron chi connectivity index (χ3n) is 1.86. The summed E-state index contributed by atoms with van der Waals surface area (Å²) in [5, 5.41) is 0. The van der Waals surface area contributed by atoms with Crippen LogP contribution in [0.1, 0.15) is 47.5 Å². The minimum absolute atomic E-state index is 0.151. The van der Waals surface area contributed by atoms with Gasteiger partial charge in [-0.2, -0.15) is 0 Å². The SMILES string of the molecule is CCC(C)(C)CC(C)(C)F. The zero-order chi connectivity index (χ0) is 8.41. The summed E-state index contributed by atoms with van der Waals surface area (Å²) in [6.07, 6.45) is 1.69. The second-order valence-electron chi connectivity index (χ2n) is 4.41. The van der Waals surface area contributed by atoms with Crippen LogP contribution in [0.3, 0.4) is 0 Å². The fraction of sp³-hybridized carbons (Fsp3) is 1.00. The van der Waals surface area contributed by atoms with E-state index in [2.05, 4.69) is 20.8 Å². The second-order valence-corrected chi connectivity index (χ2v) is 4.41. The molecule has 0 fully saturated rings. The van der Waals surface area contributed by atoms with Gasteiger partial charge in [0.25, 0.3) is 0 Å². The molecule has 0 heterocycles. The van der Waals surface area contributed by atoms with Crippen LogP contribution < -0.4 is 0 Å². The number of alkyl halides is 1. The molecule has 0 atom stereocenters. The molecule has 0 bridgehead atoms. The van der Waals surface area contributed by atoms with E-state index in [9.17, 15) is 4.39 Å². The largest absolute Gasteiger partial charge is 0.244 e. The molecule has 0 unspecified atom stereocenters. The highest BCUT2D eigenvalue weighted by atomic mass is 19.1. The lowest BCUT2D eigenvalue weighted by atomic mass is 9.81. The molecule has 0 aliphatic rings. The van der Waals surface area contributed by atoms with E-state index in [0.717, 1.165) is 6.42 Å². The summed E-state index contributed by atoms with van der Waals surface area (Å²) in [5.41, 5.74) is -0.863. The molecule has 0 aromatic carbocycles. The topological polar surface area (TPSA) is 0 Å². The van der Waals surface area contributed by atoms with E-state index in [-0.39, 0.29) is 5.41 Å². The Bertz CT molecular complexity index is 97.8. The van der Waals surface area contributed by atoms with Gasteiger partial charge in [-0.3, -0.25) is 0 Å². The Kier molecular flexibility index (Phi) is 2.87. The van der Waals surface area contributed by atoms with Gasteiger partial charge < -0.3 is 0 Å². The Morgan fingerprint density at radius 3 is 1.60 bits per heavy atom. The van der Waals surface area contributed by atoms with Gasteiger partial charge >= 0.3 is 0 Å². The molecule has 0 aromatic heterocycles. The Balaban J connectivity index is 3.89. The maximum Gasteiger partial charge on any atom is 0.106 e. The Hall–Kier alpha value is -0.0700. The van der Waals surface area contributed by atoms with Crippen molar-refractivity contribution in [2.75, 3.05) is 0 Å². The smallest absolute Gasteiger partial charge is 0.106 e. The minimum Gasteiger partial charge on any atom is -0.244 e. The van der Waals surface area contributed by atoms with Crippen molar-refractivity contribution in [2.45, 2.75) is 53.1 Å². The first-order chi connectivity index (χ1) is 4.27. The fourth-order valence-corrected chi connectivity index (χ4v) is 1.26. The van der Waals surface area contributed by atoms with Gasteiger partial charge in [0.2, 0.25) is 0 Å². The molecule has 0 N–H and O–H groups in total. The van der Waals surface area contributed by atoms with Crippen LogP contribution in [0.2, 0.25) is 0 Å². The van der Waals surface area contributed by atoms with E-state index >= 15 is 0 Å². The lowest BCUT2D eigenvalue weighted by Crippen LogP contribution is -2.23. The third kappa shape index (κ3) is 4.78. The van der Waals surface area contributed by atoms with Gasteiger partial charge in [-0.15, -0.1) is 0 Å². The lowest BCUT2D eigenvalue weighted by Gasteiger charge is -2.28. The number of hydrogen-bond donors (Lipinski definition) is 0. The van der Waals surface area contributed by atoms with Crippen molar-refractivity contribution in [3.8, 4) is 0 Å². The monoisotopic (exact) mass is 146 g/mol. The second kappa shape index (κ2) is 2.89. The van der Waals surface area contributed by atoms with Crippen LogP contribution in [-0.4, -0.2) is 5.67 Å². The highest BCUT2D eigenvalue weighted by Gasteiger charge is 2.26. The maximum atomic E-state index is 13.1. The molecule has 0 saturated carbocycles. The van der Waals surface area contributed by atoms with Gasteiger partial charge in [-0.05, 0) is 25.7 Å². The lowest BCUT2D eigenvalue weighted by molar-refractivity contribution is 0.126. The summed E-state index contributed by atoms with van der Waals surface area (Å²) in [6.45, 7) is 9.60. The average Bonchev–Trinajstić information content (AvgIpc) is 1.60. The molecule has 0 aliphatic heterocycles. The maximum absolute atomic E-state index is 13.1. The Morgan fingerprint density at radius 2 is 1.50 bits per heavy atom. The van der Waals surface area contributed by atoms with Crippen LogP contribution in [0.4, 0.5) is 4.39 Å². The van der Waals surface area contributed by atoms with Crippen LogP contribution in [-0.2, 0) is 0 Å². The average molecular weight is 146 g/mol. The quantitative estimate of drug-likeness (QED) is 0.571. The van der Waals surface area contributed by atoms with Crippen LogP contribution in [0.15, 0.2) is 0 Å². The van der Waals surface area contributed by atoms with E-state index in [4.69, 9.17) is 0 Å². The number of halogens is 1. The molecule has 1 heteroatoms. The molecule has 0 saturated heterocycles. The molecule has 0 radical (unpaired) electrons. The van der Waals surface area contributed by atoms with E-state index in [1.165, 1.54) is 0 Å². The summed E-state index contributed by atoms with van der Waals surface area (Å²) in [4.78, 5) is 0. The predicted molar refractivity (Wildman–Crippen MR) is 43.9 cm³/mol. The highest BCUT2D eigenvalue weighted by Crippen LogP contribution is 2.32. The summed E-state index contributed by atoms with van der Waals surface area (Å²) in [5.74, 6) is 0. The van der Waals surface area contributed by atoms with E-state index in [1.54, 1.807) is 13.8 Å². The van der Waals surface area contributed by atoms with Crippen LogP contribution in [0.5, 0.6) is 0 Å². The summed E-state index contributed by atoms with van der Waals surface area (Å²) in [7, 11) is 0. The van der Waals surface area contributed by atoms with Gasteiger partial charge in [0.15, 0.2) is 0 Å². The molecular formula is C9H19F. The van der Waals surface area contributed by atoms with Crippen molar-refractivity contribution in [3.63, 3.8) is 0 Å². The standard InChI is InChI=1S/C9H19F/c1-6-8(2,3)7-9(4,5)10/h6-7H2,1-5H3. The molecule has 0 amide bonds. The third-order valence-corrected chi connectivity index (χ3v) is 1.86. The Morgan fingerprint density at radius 1 is 1.10 bits per heavy atom. The van der Waals surface area contributed by atoms with E-state index < -0.39 is 5.67 Å². The van der Waals surface area contributed by atoms with Crippen LogP contribution >= 0.6 is 0 Å². The van der Waals surface area contributed by atoms with E-state index in [1.807, 2.05) is 0 Å². The van der Waals surface area contributed by atoms with Gasteiger partial charge in [0, 0.05) is 0 Å². The molecule has 10 heavy (non-hydrogen) atoms. The zero-order valence-corrected chi connectivity index (χ0v) is 7.79. The van der Waals surface area contributed by atoms with Crippen molar-refractivity contribution in [1.29, 1.82) is 0 Å². The van der Waals surface area contributed by atoms with Crippen molar-refractivity contribution in [2.24, 2.45) is 5.41 Å². The predicted octanol–water partition coefficient (Wildman–Crippen LogP) is 3.56. The Labute approximate surface area is 63.8 Å². The fourth-order valence-electron chi connectivity index (χ4n) is 1.26. The normalized spacial score (nSPS) is 13.8. The van der Waals surface area contributed by atoms with Crippen molar-refractivity contribution >= 4 is 0 Å². The molecular weight excluding hydrogens is 127 g/mol. The first kappa shape index (κ1) is 9.93. The zero-order valence-electron chi connectivity index (χ0n) is 7.79. The molecule has 62 valence electrons. The highest BCUT2D eigenvalue weighted by molar-refractivity contribution is 4.77. The molecule has 0 spiro atoms. The molecule has 0 aromatic rings.